The number of anilines is 1. The predicted octanol–water partition coefficient (Wildman–Crippen LogP) is 4.67. The molecular formula is C24H32N4O. The third-order valence-electron chi connectivity index (χ3n) is 6.42. The summed E-state index contributed by atoms with van der Waals surface area (Å²) in [7, 11) is 0. The van der Waals surface area contributed by atoms with Crippen molar-refractivity contribution in [3.05, 3.63) is 59.3 Å². The monoisotopic (exact) mass is 392 g/mol. The van der Waals surface area contributed by atoms with Gasteiger partial charge in [-0.1, -0.05) is 37.3 Å². The molecule has 2 aromatic rings. The topological polar surface area (TPSA) is 48.5 Å². The molecule has 2 aliphatic rings. The predicted molar refractivity (Wildman–Crippen MR) is 117 cm³/mol. The van der Waals surface area contributed by atoms with Gasteiger partial charge < -0.3 is 15.1 Å². The summed E-state index contributed by atoms with van der Waals surface area (Å²) in [6.45, 7) is 7.94. The number of carbonyl (C=O) groups is 1. The summed E-state index contributed by atoms with van der Waals surface area (Å²) in [6, 6.07) is 12.8. The third kappa shape index (κ3) is 4.55. The molecule has 0 saturated carbocycles. The maximum atomic E-state index is 12.8. The Hall–Kier alpha value is -2.56. The van der Waals surface area contributed by atoms with Gasteiger partial charge in [0.2, 0.25) is 0 Å². The van der Waals surface area contributed by atoms with E-state index in [9.17, 15) is 4.79 Å². The number of piperidine rings is 1. The molecule has 2 fully saturated rings. The SMILES string of the molecule is Cc1ccccc1C1CCCN1C(=O)NCc1ccc(N2CCC(C)CC2)nc1. The Morgan fingerprint density at radius 2 is 1.90 bits per heavy atom. The second kappa shape index (κ2) is 8.85. The number of aryl methyl sites for hydroxylation is 1. The molecule has 1 N–H and O–H groups in total. The second-order valence-electron chi connectivity index (χ2n) is 8.56. The van der Waals surface area contributed by atoms with Crippen LogP contribution in [0.1, 0.15) is 55.3 Å². The molecule has 0 bridgehead atoms. The van der Waals surface area contributed by atoms with E-state index in [2.05, 4.69) is 65.4 Å². The molecule has 4 rings (SSSR count). The zero-order valence-corrected chi connectivity index (χ0v) is 17.6. The number of hydrogen-bond acceptors (Lipinski definition) is 3. The summed E-state index contributed by atoms with van der Waals surface area (Å²) in [5, 5.41) is 3.10. The molecule has 2 saturated heterocycles. The average molecular weight is 393 g/mol. The van der Waals surface area contributed by atoms with Crippen LogP contribution in [0.2, 0.25) is 0 Å². The molecule has 0 radical (unpaired) electrons. The Bertz CT molecular complexity index is 827. The Labute approximate surface area is 174 Å². The number of amides is 2. The van der Waals surface area contributed by atoms with Crippen LogP contribution in [0.4, 0.5) is 10.6 Å². The first kappa shape index (κ1) is 19.7. The number of hydrogen-bond donors (Lipinski definition) is 1. The summed E-state index contributed by atoms with van der Waals surface area (Å²) in [5.41, 5.74) is 3.56. The van der Waals surface area contributed by atoms with Gasteiger partial charge in [-0.2, -0.15) is 0 Å². The zero-order valence-electron chi connectivity index (χ0n) is 17.6. The summed E-state index contributed by atoms with van der Waals surface area (Å²) in [6.07, 6.45) is 6.45. The Balaban J connectivity index is 1.34. The highest BCUT2D eigenvalue weighted by molar-refractivity contribution is 5.75. The number of pyridine rings is 1. The summed E-state index contributed by atoms with van der Waals surface area (Å²) in [4.78, 5) is 21.8. The maximum Gasteiger partial charge on any atom is 0.318 e. The van der Waals surface area contributed by atoms with Crippen molar-refractivity contribution in [3.8, 4) is 0 Å². The van der Waals surface area contributed by atoms with Gasteiger partial charge in [0.05, 0.1) is 6.04 Å². The molecule has 154 valence electrons. The highest BCUT2D eigenvalue weighted by atomic mass is 16.2. The van der Waals surface area contributed by atoms with E-state index in [1.54, 1.807) is 0 Å². The highest BCUT2D eigenvalue weighted by Gasteiger charge is 2.30. The van der Waals surface area contributed by atoms with E-state index in [0.29, 0.717) is 6.54 Å². The molecule has 5 heteroatoms. The first-order chi connectivity index (χ1) is 14.1. The van der Waals surface area contributed by atoms with E-state index in [1.165, 1.54) is 24.0 Å². The fraction of sp³-hybridized carbons (Fsp3) is 0.500. The largest absolute Gasteiger partial charge is 0.357 e. The molecule has 2 amide bonds. The Kier molecular flexibility index (Phi) is 6.02. The smallest absolute Gasteiger partial charge is 0.318 e. The standard InChI is InChI=1S/C24H32N4O/c1-18-11-14-27(15-12-18)23-10-9-20(16-25-23)17-26-24(29)28-13-5-8-22(28)21-7-4-3-6-19(21)2/h3-4,6-7,9-10,16,18,22H,5,8,11-15,17H2,1-2H3,(H,26,29). The van der Waals surface area contributed by atoms with Crippen molar-refractivity contribution < 1.29 is 4.79 Å². The van der Waals surface area contributed by atoms with Gasteiger partial charge in [0, 0.05) is 32.4 Å². The van der Waals surface area contributed by atoms with E-state index in [0.717, 1.165) is 49.8 Å². The van der Waals surface area contributed by atoms with Gasteiger partial charge in [-0.25, -0.2) is 9.78 Å². The van der Waals surface area contributed by atoms with Gasteiger partial charge in [-0.05, 0) is 61.3 Å². The number of benzene rings is 1. The Morgan fingerprint density at radius 3 is 2.62 bits per heavy atom. The normalized spacial score (nSPS) is 20.1. The maximum absolute atomic E-state index is 12.8. The van der Waals surface area contributed by atoms with Crippen LogP contribution in [0.15, 0.2) is 42.6 Å². The Morgan fingerprint density at radius 1 is 1.10 bits per heavy atom. The van der Waals surface area contributed by atoms with Gasteiger partial charge >= 0.3 is 6.03 Å². The first-order valence-electron chi connectivity index (χ1n) is 10.9. The number of carbonyl (C=O) groups excluding carboxylic acids is 1. The number of aromatic nitrogens is 1. The molecule has 1 atom stereocenters. The summed E-state index contributed by atoms with van der Waals surface area (Å²) >= 11 is 0. The van der Waals surface area contributed by atoms with E-state index in [4.69, 9.17) is 0 Å². The minimum absolute atomic E-state index is 0.0184. The summed E-state index contributed by atoms with van der Waals surface area (Å²) < 4.78 is 0. The number of likely N-dealkylation sites (tertiary alicyclic amines) is 1. The summed E-state index contributed by atoms with van der Waals surface area (Å²) in [5.74, 6) is 1.86. The van der Waals surface area contributed by atoms with Crippen LogP contribution in [0.3, 0.4) is 0 Å². The van der Waals surface area contributed by atoms with Gasteiger partial charge in [0.15, 0.2) is 0 Å². The fourth-order valence-electron chi connectivity index (χ4n) is 4.52. The molecular weight excluding hydrogens is 360 g/mol. The number of nitrogens with one attached hydrogen (secondary N) is 1. The van der Waals surface area contributed by atoms with Crippen LogP contribution in [0, 0.1) is 12.8 Å². The van der Waals surface area contributed by atoms with Gasteiger partial charge in [0.25, 0.3) is 0 Å². The van der Waals surface area contributed by atoms with Crippen molar-refractivity contribution in [1.82, 2.24) is 15.2 Å². The van der Waals surface area contributed by atoms with Gasteiger partial charge in [-0.15, -0.1) is 0 Å². The highest BCUT2D eigenvalue weighted by Crippen LogP contribution is 2.33. The van der Waals surface area contributed by atoms with Crippen LogP contribution >= 0.6 is 0 Å². The lowest BCUT2D eigenvalue weighted by molar-refractivity contribution is 0.192. The molecule has 0 spiro atoms. The van der Waals surface area contributed by atoms with Gasteiger partial charge in [0.1, 0.15) is 5.82 Å². The van der Waals surface area contributed by atoms with E-state index >= 15 is 0 Å². The number of nitrogens with zero attached hydrogens (tertiary/aromatic N) is 3. The van der Waals surface area contributed by atoms with Crippen LogP contribution in [0.25, 0.3) is 0 Å². The van der Waals surface area contributed by atoms with Crippen molar-refractivity contribution >= 4 is 11.8 Å². The fourth-order valence-corrected chi connectivity index (χ4v) is 4.52. The lowest BCUT2D eigenvalue weighted by Crippen LogP contribution is -2.39. The van der Waals surface area contributed by atoms with Crippen molar-refractivity contribution in [2.24, 2.45) is 5.92 Å². The number of urea groups is 1. The minimum atomic E-state index is 0.0184. The minimum Gasteiger partial charge on any atom is -0.357 e. The van der Waals surface area contributed by atoms with E-state index < -0.39 is 0 Å². The van der Waals surface area contributed by atoms with E-state index in [-0.39, 0.29) is 12.1 Å². The van der Waals surface area contributed by atoms with Crippen LogP contribution < -0.4 is 10.2 Å². The molecule has 1 aromatic heterocycles. The molecule has 1 aromatic carbocycles. The number of rotatable bonds is 4. The van der Waals surface area contributed by atoms with E-state index in [1.807, 2.05) is 11.1 Å². The average Bonchev–Trinajstić information content (AvgIpc) is 3.23. The lowest BCUT2D eigenvalue weighted by atomic mass is 9.99. The molecule has 1 unspecified atom stereocenters. The molecule has 29 heavy (non-hydrogen) atoms. The molecule has 2 aliphatic heterocycles. The van der Waals surface area contributed by atoms with Crippen LogP contribution in [-0.2, 0) is 6.54 Å². The lowest BCUT2D eigenvalue weighted by Gasteiger charge is -2.31. The van der Waals surface area contributed by atoms with Crippen LogP contribution in [-0.4, -0.2) is 35.5 Å². The van der Waals surface area contributed by atoms with Crippen molar-refractivity contribution in [1.29, 1.82) is 0 Å². The molecule has 0 aliphatic carbocycles. The van der Waals surface area contributed by atoms with Crippen LogP contribution in [0.5, 0.6) is 0 Å². The van der Waals surface area contributed by atoms with Crippen molar-refractivity contribution in [2.75, 3.05) is 24.5 Å². The molecule has 5 nitrogen and oxygen atoms in total. The zero-order chi connectivity index (χ0) is 20.2. The van der Waals surface area contributed by atoms with Crippen molar-refractivity contribution in [3.63, 3.8) is 0 Å². The van der Waals surface area contributed by atoms with Gasteiger partial charge in [-0.3, -0.25) is 0 Å². The first-order valence-corrected chi connectivity index (χ1v) is 10.9. The third-order valence-corrected chi connectivity index (χ3v) is 6.42. The molecule has 3 heterocycles. The second-order valence-corrected chi connectivity index (χ2v) is 8.56. The van der Waals surface area contributed by atoms with Crippen molar-refractivity contribution in [2.45, 2.75) is 52.1 Å². The quantitative estimate of drug-likeness (QED) is 0.822.